The second-order valence-electron chi connectivity index (χ2n) is 1.43. The minimum absolute atomic E-state index is 0.283. The average molecular weight is 142 g/mol. The van der Waals surface area contributed by atoms with Crippen LogP contribution in [0.15, 0.2) is 0 Å². The molecule has 0 saturated heterocycles. The van der Waals surface area contributed by atoms with Crippen LogP contribution in [-0.2, 0) is 14.3 Å². The van der Waals surface area contributed by atoms with E-state index in [1.54, 1.807) is 0 Å². The van der Waals surface area contributed by atoms with Gasteiger partial charge in [-0.15, -0.1) is 0 Å². The van der Waals surface area contributed by atoms with Gasteiger partial charge < -0.3 is 9.47 Å². The summed E-state index contributed by atoms with van der Waals surface area (Å²) in [4.78, 5) is 10.3. The third-order valence-electron chi connectivity index (χ3n) is 0.754. The molecule has 56 valence electrons. The highest BCUT2D eigenvalue weighted by Gasteiger charge is 1.86. The molecule has 0 spiro atoms. The van der Waals surface area contributed by atoms with Gasteiger partial charge in [0.2, 0.25) is 0 Å². The van der Waals surface area contributed by atoms with Crippen LogP contribution in [0.4, 0.5) is 0 Å². The number of carbonyl (C=O) groups is 1. The van der Waals surface area contributed by atoms with Crippen LogP contribution in [0.25, 0.3) is 0 Å². The van der Waals surface area contributed by atoms with E-state index in [1.807, 2.05) is 6.92 Å². The predicted molar refractivity (Wildman–Crippen MR) is 36.3 cm³/mol. The fourth-order valence-electron chi connectivity index (χ4n) is 0.312. The van der Waals surface area contributed by atoms with Crippen LogP contribution in [0, 0.1) is 11.8 Å². The summed E-state index contributed by atoms with van der Waals surface area (Å²) in [6.07, 6.45) is 0. The molecule has 0 aliphatic carbocycles. The van der Waals surface area contributed by atoms with Crippen molar-refractivity contribution >= 4 is 5.97 Å². The Morgan fingerprint density at radius 1 is 1.60 bits per heavy atom. The highest BCUT2D eigenvalue weighted by atomic mass is 16.5. The van der Waals surface area contributed by atoms with Crippen molar-refractivity contribution in [1.82, 2.24) is 0 Å². The van der Waals surface area contributed by atoms with Crippen molar-refractivity contribution < 1.29 is 14.3 Å². The summed E-state index contributed by atoms with van der Waals surface area (Å²) in [7, 11) is 1.29. The first-order chi connectivity index (χ1) is 4.81. The lowest BCUT2D eigenvalue weighted by Gasteiger charge is -1.88. The number of esters is 1. The summed E-state index contributed by atoms with van der Waals surface area (Å²) in [5.74, 6) is 4.19. The zero-order valence-electron chi connectivity index (χ0n) is 6.14. The molecule has 0 saturated carbocycles. The fourth-order valence-corrected chi connectivity index (χ4v) is 0.312. The van der Waals surface area contributed by atoms with Gasteiger partial charge in [-0.05, 0) is 6.92 Å². The van der Waals surface area contributed by atoms with E-state index in [2.05, 4.69) is 16.6 Å². The first-order valence-electron chi connectivity index (χ1n) is 2.95. The number of hydrogen-bond donors (Lipinski definition) is 0. The molecule has 0 aliphatic rings. The third-order valence-corrected chi connectivity index (χ3v) is 0.754. The molecule has 0 aromatic carbocycles. The van der Waals surface area contributed by atoms with Gasteiger partial charge in [0, 0.05) is 12.5 Å². The van der Waals surface area contributed by atoms with E-state index in [0.29, 0.717) is 6.61 Å². The molecular weight excluding hydrogens is 132 g/mol. The first kappa shape index (κ1) is 8.99. The molecule has 0 fully saturated rings. The van der Waals surface area contributed by atoms with Gasteiger partial charge in [0.1, 0.15) is 6.61 Å². The molecule has 0 amide bonds. The van der Waals surface area contributed by atoms with Gasteiger partial charge in [0.05, 0.1) is 7.11 Å². The Bertz CT molecular complexity index is 152. The predicted octanol–water partition coefficient (Wildman–Crippen LogP) is 0.199. The van der Waals surface area contributed by atoms with E-state index < -0.39 is 5.97 Å². The van der Waals surface area contributed by atoms with Crippen molar-refractivity contribution in [3.63, 3.8) is 0 Å². The number of hydrogen-bond acceptors (Lipinski definition) is 3. The lowest BCUT2D eigenvalue weighted by Crippen LogP contribution is -1.96. The lowest BCUT2D eigenvalue weighted by atomic mass is 10.6. The second-order valence-corrected chi connectivity index (χ2v) is 1.43. The minimum Gasteiger partial charge on any atom is -0.459 e. The summed E-state index contributed by atoms with van der Waals surface area (Å²) in [5.41, 5.74) is 0. The molecule has 3 nitrogen and oxygen atoms in total. The molecule has 0 unspecified atom stereocenters. The van der Waals surface area contributed by atoms with E-state index >= 15 is 0 Å². The molecule has 0 radical (unpaired) electrons. The maximum Gasteiger partial charge on any atom is 0.384 e. The van der Waals surface area contributed by atoms with E-state index in [1.165, 1.54) is 7.11 Å². The van der Waals surface area contributed by atoms with Crippen LogP contribution in [0.3, 0.4) is 0 Å². The smallest absolute Gasteiger partial charge is 0.384 e. The number of ether oxygens (including phenoxy) is 2. The maximum atomic E-state index is 10.3. The molecule has 0 N–H and O–H groups in total. The summed E-state index contributed by atoms with van der Waals surface area (Å²) in [6, 6.07) is 0. The Hall–Kier alpha value is -1.01. The zero-order chi connectivity index (χ0) is 7.82. The standard InChI is InChI=1S/C7H10O3/c1-3-10-6-4-5-7(8)9-2/h3,6H2,1-2H3. The number of methoxy groups -OCH3 is 1. The van der Waals surface area contributed by atoms with Crippen LogP contribution in [0.2, 0.25) is 0 Å². The molecule has 10 heavy (non-hydrogen) atoms. The minimum atomic E-state index is -0.528. The Balaban J connectivity index is 3.39. The first-order valence-corrected chi connectivity index (χ1v) is 2.95. The summed E-state index contributed by atoms with van der Waals surface area (Å²) in [5, 5.41) is 0. The summed E-state index contributed by atoms with van der Waals surface area (Å²) in [6.45, 7) is 2.75. The van der Waals surface area contributed by atoms with Gasteiger partial charge in [-0.25, -0.2) is 4.79 Å². The van der Waals surface area contributed by atoms with Crippen molar-refractivity contribution in [2.45, 2.75) is 6.92 Å². The van der Waals surface area contributed by atoms with Crippen molar-refractivity contribution in [3.8, 4) is 11.8 Å². The molecule has 0 aliphatic heterocycles. The zero-order valence-corrected chi connectivity index (χ0v) is 6.14. The molecule has 0 heterocycles. The second kappa shape index (κ2) is 6.12. The van der Waals surface area contributed by atoms with Gasteiger partial charge in [0.25, 0.3) is 0 Å². The van der Waals surface area contributed by atoms with E-state index in [0.717, 1.165) is 0 Å². The largest absolute Gasteiger partial charge is 0.459 e. The Morgan fingerprint density at radius 3 is 2.80 bits per heavy atom. The molecule has 0 aromatic heterocycles. The van der Waals surface area contributed by atoms with Gasteiger partial charge >= 0.3 is 5.97 Å². The van der Waals surface area contributed by atoms with Crippen LogP contribution in [0.5, 0.6) is 0 Å². The number of carbonyl (C=O) groups excluding carboxylic acids is 1. The Morgan fingerprint density at radius 2 is 2.30 bits per heavy atom. The average Bonchev–Trinajstić information content (AvgIpc) is 1.98. The maximum absolute atomic E-state index is 10.3. The highest BCUT2D eigenvalue weighted by Crippen LogP contribution is 1.71. The lowest BCUT2D eigenvalue weighted by molar-refractivity contribution is -0.133. The molecule has 0 bridgehead atoms. The number of rotatable bonds is 2. The van der Waals surface area contributed by atoms with Gasteiger partial charge in [-0.3, -0.25) is 0 Å². The molecule has 0 rings (SSSR count). The molecule has 0 atom stereocenters. The molecule has 0 aromatic rings. The summed E-state index contributed by atoms with van der Waals surface area (Å²) >= 11 is 0. The quantitative estimate of drug-likeness (QED) is 0.239. The molecule has 3 heteroatoms. The van der Waals surface area contributed by atoms with Crippen LogP contribution in [0.1, 0.15) is 6.92 Å². The monoisotopic (exact) mass is 142 g/mol. The van der Waals surface area contributed by atoms with Gasteiger partial charge in [0.15, 0.2) is 0 Å². The van der Waals surface area contributed by atoms with E-state index in [4.69, 9.17) is 4.74 Å². The van der Waals surface area contributed by atoms with E-state index in [-0.39, 0.29) is 6.61 Å². The van der Waals surface area contributed by atoms with Crippen molar-refractivity contribution in [1.29, 1.82) is 0 Å². The van der Waals surface area contributed by atoms with Crippen molar-refractivity contribution in [3.05, 3.63) is 0 Å². The highest BCUT2D eigenvalue weighted by molar-refractivity contribution is 5.88. The van der Waals surface area contributed by atoms with Crippen LogP contribution >= 0.6 is 0 Å². The Labute approximate surface area is 60.3 Å². The summed E-state index contributed by atoms with van der Waals surface area (Å²) < 4.78 is 9.11. The molecular formula is C7H10O3. The van der Waals surface area contributed by atoms with Gasteiger partial charge in [-0.2, -0.15) is 0 Å². The third kappa shape index (κ3) is 5.13. The Kier molecular flexibility index (Phi) is 5.50. The van der Waals surface area contributed by atoms with E-state index in [9.17, 15) is 4.79 Å². The topological polar surface area (TPSA) is 35.5 Å². The van der Waals surface area contributed by atoms with Crippen molar-refractivity contribution in [2.24, 2.45) is 0 Å². The van der Waals surface area contributed by atoms with Crippen molar-refractivity contribution in [2.75, 3.05) is 20.3 Å². The van der Waals surface area contributed by atoms with Gasteiger partial charge in [-0.1, -0.05) is 5.92 Å². The normalized spacial score (nSPS) is 7.80. The van der Waals surface area contributed by atoms with Crippen LogP contribution in [-0.4, -0.2) is 26.3 Å². The SMILES string of the molecule is CCOCC#CC(=O)OC. The fraction of sp³-hybridized carbons (Fsp3) is 0.571. The van der Waals surface area contributed by atoms with Crippen LogP contribution < -0.4 is 0 Å².